The molecule has 1 N–H and O–H groups in total. The van der Waals surface area contributed by atoms with Crippen molar-refractivity contribution in [1.82, 2.24) is 4.98 Å². The van der Waals surface area contributed by atoms with Gasteiger partial charge in [0.1, 0.15) is 5.75 Å². The van der Waals surface area contributed by atoms with Crippen LogP contribution in [-0.2, 0) is 0 Å². The van der Waals surface area contributed by atoms with Gasteiger partial charge in [-0.1, -0.05) is 12.1 Å². The summed E-state index contributed by atoms with van der Waals surface area (Å²) in [4.78, 5) is 15.7. The van der Waals surface area contributed by atoms with Crippen LogP contribution in [0.5, 0.6) is 5.75 Å². The van der Waals surface area contributed by atoms with Crippen molar-refractivity contribution in [3.63, 3.8) is 0 Å². The smallest absolute Gasteiger partial charge is 0.387 e. The van der Waals surface area contributed by atoms with Gasteiger partial charge in [-0.3, -0.25) is 9.78 Å². The van der Waals surface area contributed by atoms with E-state index in [2.05, 4.69) is 15.0 Å². The number of benzene rings is 1. The lowest BCUT2D eigenvalue weighted by Crippen LogP contribution is -2.14. The minimum Gasteiger partial charge on any atom is -0.433 e. The molecule has 0 aliphatic heterocycles. The molecule has 0 fully saturated rings. The first-order valence-corrected chi connectivity index (χ1v) is 5.42. The van der Waals surface area contributed by atoms with Crippen molar-refractivity contribution >= 4 is 11.6 Å². The van der Waals surface area contributed by atoms with Crippen molar-refractivity contribution in [2.75, 3.05) is 5.32 Å². The number of para-hydroxylation sites is 2. The summed E-state index contributed by atoms with van der Waals surface area (Å²) in [6.07, 6.45) is 2.91. The van der Waals surface area contributed by atoms with Crippen LogP contribution >= 0.6 is 0 Å². The Bertz CT molecular complexity index is 562. The van der Waals surface area contributed by atoms with Crippen LogP contribution in [0.3, 0.4) is 0 Å². The van der Waals surface area contributed by atoms with E-state index in [0.29, 0.717) is 5.56 Å². The summed E-state index contributed by atoms with van der Waals surface area (Å²) >= 11 is 0. The molecule has 0 spiro atoms. The molecule has 19 heavy (non-hydrogen) atoms. The predicted molar refractivity (Wildman–Crippen MR) is 65.3 cm³/mol. The van der Waals surface area contributed by atoms with Gasteiger partial charge in [-0.05, 0) is 24.3 Å². The molecule has 0 saturated carbocycles. The van der Waals surface area contributed by atoms with Crippen LogP contribution < -0.4 is 10.1 Å². The summed E-state index contributed by atoms with van der Waals surface area (Å²) in [6.45, 7) is -2.95. The Morgan fingerprint density at radius 2 is 2.00 bits per heavy atom. The molecule has 1 aromatic carbocycles. The number of nitrogens with one attached hydrogen (secondary N) is 1. The van der Waals surface area contributed by atoms with E-state index in [1.807, 2.05) is 0 Å². The zero-order valence-corrected chi connectivity index (χ0v) is 9.72. The Morgan fingerprint density at radius 3 is 2.68 bits per heavy atom. The first-order valence-electron chi connectivity index (χ1n) is 5.42. The summed E-state index contributed by atoms with van der Waals surface area (Å²) in [7, 11) is 0. The van der Waals surface area contributed by atoms with Gasteiger partial charge >= 0.3 is 6.61 Å². The lowest BCUT2D eigenvalue weighted by molar-refractivity contribution is -0.0493. The lowest BCUT2D eigenvalue weighted by atomic mass is 10.2. The molecule has 1 amide bonds. The van der Waals surface area contributed by atoms with Gasteiger partial charge < -0.3 is 10.1 Å². The van der Waals surface area contributed by atoms with Crippen molar-refractivity contribution in [2.24, 2.45) is 0 Å². The monoisotopic (exact) mass is 264 g/mol. The molecule has 0 unspecified atom stereocenters. The molecule has 2 rings (SSSR count). The van der Waals surface area contributed by atoms with E-state index in [4.69, 9.17) is 0 Å². The third kappa shape index (κ3) is 3.48. The minimum absolute atomic E-state index is 0.0882. The van der Waals surface area contributed by atoms with E-state index in [-0.39, 0.29) is 11.4 Å². The first-order chi connectivity index (χ1) is 9.16. The van der Waals surface area contributed by atoms with Crippen LogP contribution in [0, 0.1) is 0 Å². The van der Waals surface area contributed by atoms with Crippen LogP contribution in [0.1, 0.15) is 10.4 Å². The molecule has 1 heterocycles. The highest BCUT2D eigenvalue weighted by atomic mass is 19.3. The normalized spacial score (nSPS) is 10.3. The molecule has 0 aliphatic rings. The number of amides is 1. The topological polar surface area (TPSA) is 51.2 Å². The fourth-order valence-electron chi connectivity index (χ4n) is 1.46. The molecular formula is C13H10F2N2O2. The number of anilines is 1. The minimum atomic E-state index is -2.95. The SMILES string of the molecule is O=C(Nc1ccccc1OC(F)F)c1cccnc1. The molecule has 0 radical (unpaired) electrons. The molecule has 0 aliphatic carbocycles. The van der Waals surface area contributed by atoms with E-state index in [9.17, 15) is 13.6 Å². The summed E-state index contributed by atoms with van der Waals surface area (Å²) in [6, 6.07) is 9.15. The zero-order chi connectivity index (χ0) is 13.7. The van der Waals surface area contributed by atoms with Gasteiger partial charge in [0, 0.05) is 12.4 Å². The number of aromatic nitrogens is 1. The highest BCUT2D eigenvalue weighted by Gasteiger charge is 2.12. The Morgan fingerprint density at radius 1 is 1.21 bits per heavy atom. The van der Waals surface area contributed by atoms with Gasteiger partial charge in [0.25, 0.3) is 5.91 Å². The number of carbonyl (C=O) groups excluding carboxylic acids is 1. The number of nitrogens with zero attached hydrogens (tertiary/aromatic N) is 1. The summed E-state index contributed by atoms with van der Waals surface area (Å²) in [5.41, 5.74) is 0.506. The molecule has 2 aromatic rings. The quantitative estimate of drug-likeness (QED) is 0.923. The molecule has 1 aromatic heterocycles. The summed E-state index contributed by atoms with van der Waals surface area (Å²) in [5, 5.41) is 2.49. The summed E-state index contributed by atoms with van der Waals surface area (Å²) in [5.74, 6) is -0.534. The van der Waals surface area contributed by atoms with E-state index in [1.54, 1.807) is 18.2 Å². The number of halogens is 2. The fourth-order valence-corrected chi connectivity index (χ4v) is 1.46. The second kappa shape index (κ2) is 5.90. The second-order valence-electron chi connectivity index (χ2n) is 3.57. The molecule has 0 saturated heterocycles. The number of hydrogen-bond acceptors (Lipinski definition) is 3. The van der Waals surface area contributed by atoms with Crippen LogP contribution in [0.25, 0.3) is 0 Å². The number of alkyl halides is 2. The lowest BCUT2D eigenvalue weighted by Gasteiger charge is -2.11. The molecule has 98 valence electrons. The van der Waals surface area contributed by atoms with Crippen molar-refractivity contribution < 1.29 is 18.3 Å². The van der Waals surface area contributed by atoms with Gasteiger partial charge in [0.2, 0.25) is 0 Å². The zero-order valence-electron chi connectivity index (χ0n) is 9.72. The van der Waals surface area contributed by atoms with Crippen LogP contribution in [-0.4, -0.2) is 17.5 Å². The number of carbonyl (C=O) groups is 1. The average molecular weight is 264 g/mol. The highest BCUT2D eigenvalue weighted by molar-refractivity contribution is 6.04. The van der Waals surface area contributed by atoms with Crippen LogP contribution in [0.2, 0.25) is 0 Å². The van der Waals surface area contributed by atoms with Gasteiger partial charge in [0.05, 0.1) is 11.3 Å². The van der Waals surface area contributed by atoms with Gasteiger partial charge in [-0.15, -0.1) is 0 Å². The number of pyridine rings is 1. The number of hydrogen-bond donors (Lipinski definition) is 1. The first kappa shape index (κ1) is 12.9. The van der Waals surface area contributed by atoms with E-state index < -0.39 is 12.5 Å². The third-order valence-electron chi connectivity index (χ3n) is 2.28. The van der Waals surface area contributed by atoms with Gasteiger partial charge in [-0.2, -0.15) is 8.78 Å². The van der Waals surface area contributed by atoms with Crippen LogP contribution in [0.15, 0.2) is 48.8 Å². The highest BCUT2D eigenvalue weighted by Crippen LogP contribution is 2.25. The molecule has 0 atom stereocenters. The maximum Gasteiger partial charge on any atom is 0.387 e. The van der Waals surface area contributed by atoms with Crippen LogP contribution in [0.4, 0.5) is 14.5 Å². The van der Waals surface area contributed by atoms with Crippen molar-refractivity contribution in [1.29, 1.82) is 0 Å². The van der Waals surface area contributed by atoms with Crippen molar-refractivity contribution in [3.05, 3.63) is 54.4 Å². The van der Waals surface area contributed by atoms with Gasteiger partial charge in [0.15, 0.2) is 0 Å². The maximum absolute atomic E-state index is 12.2. The Balaban J connectivity index is 2.17. The second-order valence-corrected chi connectivity index (χ2v) is 3.57. The number of rotatable bonds is 4. The standard InChI is InChI=1S/C13H10F2N2O2/c14-13(15)19-11-6-2-1-5-10(11)17-12(18)9-4-3-7-16-8-9/h1-8,13H,(H,17,18). The average Bonchev–Trinajstić information content (AvgIpc) is 2.41. The molecular weight excluding hydrogens is 254 g/mol. The Hall–Kier alpha value is -2.50. The molecule has 4 nitrogen and oxygen atoms in total. The third-order valence-corrected chi connectivity index (χ3v) is 2.28. The molecule has 6 heteroatoms. The largest absolute Gasteiger partial charge is 0.433 e. The maximum atomic E-state index is 12.2. The number of ether oxygens (including phenoxy) is 1. The van der Waals surface area contributed by atoms with Crippen molar-refractivity contribution in [3.8, 4) is 5.75 Å². The Kier molecular flexibility index (Phi) is 4.02. The predicted octanol–water partition coefficient (Wildman–Crippen LogP) is 2.94. The molecule has 0 bridgehead atoms. The fraction of sp³-hybridized carbons (Fsp3) is 0.0769. The van der Waals surface area contributed by atoms with E-state index in [1.165, 1.54) is 30.6 Å². The van der Waals surface area contributed by atoms with Crippen molar-refractivity contribution in [2.45, 2.75) is 6.61 Å². The van der Waals surface area contributed by atoms with Gasteiger partial charge in [-0.25, -0.2) is 0 Å². The summed E-state index contributed by atoms with van der Waals surface area (Å²) < 4.78 is 28.8. The van der Waals surface area contributed by atoms with E-state index in [0.717, 1.165) is 0 Å². The Labute approximate surface area is 108 Å². The van der Waals surface area contributed by atoms with E-state index >= 15 is 0 Å².